The monoisotopic (exact) mass is 394 g/mol. The fourth-order valence-electron chi connectivity index (χ4n) is 3.32. The van der Waals surface area contributed by atoms with Gasteiger partial charge in [-0.1, -0.05) is 12.1 Å². The molecule has 1 fully saturated rings. The molecule has 0 aromatic heterocycles. The van der Waals surface area contributed by atoms with Crippen molar-refractivity contribution >= 4 is 23.6 Å². The van der Waals surface area contributed by atoms with Crippen molar-refractivity contribution in [3.05, 3.63) is 59.2 Å². The third kappa shape index (κ3) is 4.77. The summed E-state index contributed by atoms with van der Waals surface area (Å²) in [4.78, 5) is 26.5. The van der Waals surface area contributed by atoms with Gasteiger partial charge >= 0.3 is 0 Å². The summed E-state index contributed by atoms with van der Waals surface area (Å²) in [7, 11) is 3.14. The molecule has 0 bridgehead atoms. The molecule has 1 heterocycles. The van der Waals surface area contributed by atoms with Crippen molar-refractivity contribution in [1.29, 1.82) is 0 Å². The van der Waals surface area contributed by atoms with Gasteiger partial charge in [0.2, 0.25) is 11.8 Å². The molecule has 0 saturated carbocycles. The molecule has 1 aliphatic rings. The SMILES string of the molecule is COc1ccc(/C=C\C(=O)NC2CC(=O)N(c3ccc(C)c(C)c3)C2)cc1OC. The second kappa shape index (κ2) is 8.82. The van der Waals surface area contributed by atoms with E-state index in [1.54, 1.807) is 37.3 Å². The minimum atomic E-state index is -0.237. The lowest BCUT2D eigenvalue weighted by molar-refractivity contribution is -0.117. The molecule has 0 aliphatic carbocycles. The Balaban J connectivity index is 1.62. The number of nitrogens with one attached hydrogen (secondary N) is 1. The summed E-state index contributed by atoms with van der Waals surface area (Å²) in [5.74, 6) is 1.01. The van der Waals surface area contributed by atoms with Crippen LogP contribution in [0.15, 0.2) is 42.5 Å². The van der Waals surface area contributed by atoms with Crippen LogP contribution < -0.4 is 19.7 Å². The molecule has 29 heavy (non-hydrogen) atoms. The van der Waals surface area contributed by atoms with E-state index in [2.05, 4.69) is 5.32 Å². The largest absolute Gasteiger partial charge is 0.493 e. The zero-order valence-corrected chi connectivity index (χ0v) is 17.2. The fourth-order valence-corrected chi connectivity index (χ4v) is 3.32. The van der Waals surface area contributed by atoms with Gasteiger partial charge in [0.05, 0.1) is 20.3 Å². The summed E-state index contributed by atoms with van der Waals surface area (Å²) in [5.41, 5.74) is 4.01. The highest BCUT2D eigenvalue weighted by Crippen LogP contribution is 2.28. The predicted octanol–water partition coefficient (Wildman–Crippen LogP) is 3.26. The van der Waals surface area contributed by atoms with E-state index in [4.69, 9.17) is 9.47 Å². The van der Waals surface area contributed by atoms with E-state index in [-0.39, 0.29) is 17.9 Å². The van der Waals surface area contributed by atoms with Crippen LogP contribution in [0, 0.1) is 13.8 Å². The number of hydrogen-bond donors (Lipinski definition) is 1. The molecule has 2 aromatic carbocycles. The van der Waals surface area contributed by atoms with E-state index in [0.29, 0.717) is 24.5 Å². The van der Waals surface area contributed by atoms with Gasteiger partial charge in [-0.05, 0) is 60.9 Å². The van der Waals surface area contributed by atoms with Gasteiger partial charge in [-0.3, -0.25) is 9.59 Å². The van der Waals surface area contributed by atoms with Gasteiger partial charge in [-0.25, -0.2) is 0 Å². The quantitative estimate of drug-likeness (QED) is 0.764. The van der Waals surface area contributed by atoms with Crippen molar-refractivity contribution in [2.75, 3.05) is 25.7 Å². The lowest BCUT2D eigenvalue weighted by Gasteiger charge is -2.18. The zero-order valence-electron chi connectivity index (χ0n) is 17.2. The molecule has 2 aromatic rings. The Morgan fingerprint density at radius 3 is 2.52 bits per heavy atom. The summed E-state index contributed by atoms with van der Waals surface area (Å²) in [6, 6.07) is 11.2. The Bertz CT molecular complexity index is 952. The van der Waals surface area contributed by atoms with Crippen LogP contribution in [0.25, 0.3) is 6.08 Å². The van der Waals surface area contributed by atoms with Gasteiger partial charge in [0, 0.05) is 24.7 Å². The van der Waals surface area contributed by atoms with Crippen molar-refractivity contribution in [1.82, 2.24) is 5.32 Å². The third-order valence-corrected chi connectivity index (χ3v) is 5.11. The number of nitrogens with zero attached hydrogens (tertiary/aromatic N) is 1. The van der Waals surface area contributed by atoms with Gasteiger partial charge in [0.1, 0.15) is 0 Å². The molecule has 2 amide bonds. The maximum Gasteiger partial charge on any atom is 0.244 e. The Morgan fingerprint density at radius 1 is 1.07 bits per heavy atom. The molecule has 6 nitrogen and oxygen atoms in total. The summed E-state index contributed by atoms with van der Waals surface area (Å²) in [5, 5.41) is 2.91. The molecular weight excluding hydrogens is 368 g/mol. The standard InChI is InChI=1S/C23H26N2O4/c1-15-5-8-19(11-16(15)2)25-14-18(13-23(25)27)24-22(26)10-7-17-6-9-20(28-3)21(12-17)29-4/h5-12,18H,13-14H2,1-4H3,(H,24,26)/b10-7-. The number of carbonyl (C=O) groups excluding carboxylic acids is 2. The number of anilines is 1. The van der Waals surface area contributed by atoms with E-state index in [1.807, 2.05) is 38.1 Å². The van der Waals surface area contributed by atoms with Crippen LogP contribution in [0.1, 0.15) is 23.1 Å². The van der Waals surface area contributed by atoms with E-state index in [0.717, 1.165) is 16.8 Å². The molecule has 1 atom stereocenters. The van der Waals surface area contributed by atoms with Crippen LogP contribution in [0.4, 0.5) is 5.69 Å². The number of amides is 2. The van der Waals surface area contributed by atoms with Crippen molar-refractivity contribution in [2.45, 2.75) is 26.3 Å². The Kier molecular flexibility index (Phi) is 6.22. The highest BCUT2D eigenvalue weighted by atomic mass is 16.5. The summed E-state index contributed by atoms with van der Waals surface area (Å²) in [6.07, 6.45) is 3.46. The minimum Gasteiger partial charge on any atom is -0.493 e. The normalized spacial score (nSPS) is 16.3. The van der Waals surface area contributed by atoms with E-state index >= 15 is 0 Å². The number of ether oxygens (including phenoxy) is 2. The van der Waals surface area contributed by atoms with Crippen LogP contribution in [0.2, 0.25) is 0 Å². The van der Waals surface area contributed by atoms with Gasteiger partial charge in [0.15, 0.2) is 11.5 Å². The Labute approximate surface area is 171 Å². The summed E-state index contributed by atoms with van der Waals surface area (Å²) < 4.78 is 10.5. The van der Waals surface area contributed by atoms with Gasteiger partial charge in [-0.2, -0.15) is 0 Å². The first-order valence-electron chi connectivity index (χ1n) is 9.49. The predicted molar refractivity (Wildman–Crippen MR) is 113 cm³/mol. The summed E-state index contributed by atoms with van der Waals surface area (Å²) in [6.45, 7) is 4.54. The molecule has 6 heteroatoms. The van der Waals surface area contributed by atoms with Crippen molar-refractivity contribution < 1.29 is 19.1 Å². The Hall–Kier alpha value is -3.28. The highest BCUT2D eigenvalue weighted by Gasteiger charge is 2.31. The molecule has 152 valence electrons. The third-order valence-electron chi connectivity index (χ3n) is 5.11. The van der Waals surface area contributed by atoms with Crippen LogP contribution in [-0.2, 0) is 9.59 Å². The van der Waals surface area contributed by atoms with Crippen molar-refractivity contribution in [3.8, 4) is 11.5 Å². The van der Waals surface area contributed by atoms with Crippen LogP contribution in [0.3, 0.4) is 0 Å². The van der Waals surface area contributed by atoms with E-state index in [1.165, 1.54) is 11.6 Å². The summed E-state index contributed by atoms with van der Waals surface area (Å²) >= 11 is 0. The number of methoxy groups -OCH3 is 2. The second-order valence-electron chi connectivity index (χ2n) is 7.13. The second-order valence-corrected chi connectivity index (χ2v) is 7.13. The Morgan fingerprint density at radius 2 is 1.83 bits per heavy atom. The van der Waals surface area contributed by atoms with E-state index in [9.17, 15) is 9.59 Å². The molecule has 1 aliphatic heterocycles. The van der Waals surface area contributed by atoms with E-state index < -0.39 is 0 Å². The lowest BCUT2D eigenvalue weighted by Crippen LogP contribution is -2.36. The van der Waals surface area contributed by atoms with Gasteiger partial charge < -0.3 is 19.7 Å². The fraction of sp³-hybridized carbons (Fsp3) is 0.304. The molecule has 1 saturated heterocycles. The van der Waals surface area contributed by atoms with Crippen LogP contribution >= 0.6 is 0 Å². The molecule has 1 unspecified atom stereocenters. The topological polar surface area (TPSA) is 67.9 Å². The molecule has 3 rings (SSSR count). The molecule has 0 radical (unpaired) electrons. The number of hydrogen-bond acceptors (Lipinski definition) is 4. The average molecular weight is 394 g/mol. The number of carbonyl (C=O) groups is 2. The smallest absolute Gasteiger partial charge is 0.244 e. The van der Waals surface area contributed by atoms with Gasteiger partial charge in [-0.15, -0.1) is 0 Å². The van der Waals surface area contributed by atoms with Gasteiger partial charge in [0.25, 0.3) is 0 Å². The number of benzene rings is 2. The maximum absolute atomic E-state index is 12.4. The maximum atomic E-state index is 12.4. The first kappa shape index (κ1) is 20.5. The van der Waals surface area contributed by atoms with Crippen LogP contribution in [-0.4, -0.2) is 38.6 Å². The average Bonchev–Trinajstić information content (AvgIpc) is 3.08. The first-order chi connectivity index (χ1) is 13.9. The van der Waals surface area contributed by atoms with Crippen LogP contribution in [0.5, 0.6) is 11.5 Å². The molecule has 1 N–H and O–H groups in total. The van der Waals surface area contributed by atoms with Crippen molar-refractivity contribution in [3.63, 3.8) is 0 Å². The first-order valence-corrected chi connectivity index (χ1v) is 9.49. The molecular formula is C23H26N2O4. The number of aryl methyl sites for hydroxylation is 2. The highest BCUT2D eigenvalue weighted by molar-refractivity contribution is 5.98. The molecule has 0 spiro atoms. The van der Waals surface area contributed by atoms with Crippen molar-refractivity contribution in [2.24, 2.45) is 0 Å². The number of rotatable bonds is 6. The minimum absolute atomic E-state index is 0.0161. The lowest BCUT2D eigenvalue weighted by atomic mass is 10.1. The zero-order chi connectivity index (χ0) is 21.0.